The average molecular weight is 346 g/mol. The summed E-state index contributed by atoms with van der Waals surface area (Å²) in [4.78, 5) is 14.4. The summed E-state index contributed by atoms with van der Waals surface area (Å²) in [5.41, 5.74) is 0.609. The van der Waals surface area contributed by atoms with Crippen LogP contribution in [0.1, 0.15) is 54.7 Å². The fourth-order valence-corrected chi connectivity index (χ4v) is 2.98. The number of carbonyl (C=O) groups is 1. The summed E-state index contributed by atoms with van der Waals surface area (Å²) in [5.74, 6) is 2.10. The highest BCUT2D eigenvalue weighted by molar-refractivity contribution is 5.93. The summed E-state index contributed by atoms with van der Waals surface area (Å²) >= 11 is 0. The van der Waals surface area contributed by atoms with Gasteiger partial charge in [0.25, 0.3) is 5.91 Å². The van der Waals surface area contributed by atoms with Crippen LogP contribution in [0.4, 0.5) is 0 Å². The number of aryl methyl sites for hydroxylation is 1. The monoisotopic (exact) mass is 346 g/mol. The number of likely N-dealkylation sites (tertiary alicyclic amines) is 1. The van der Waals surface area contributed by atoms with E-state index in [1.807, 2.05) is 13.8 Å². The maximum Gasteiger partial charge on any atom is 0.254 e. The highest BCUT2D eigenvalue weighted by Gasteiger charge is 2.22. The van der Waals surface area contributed by atoms with Crippen LogP contribution >= 0.6 is 0 Å². The zero-order valence-corrected chi connectivity index (χ0v) is 15.1. The summed E-state index contributed by atoms with van der Waals surface area (Å²) in [7, 11) is 1.81. The molecule has 8 nitrogen and oxygen atoms in total. The van der Waals surface area contributed by atoms with Crippen molar-refractivity contribution in [2.45, 2.75) is 39.2 Å². The Labute approximate surface area is 147 Å². The lowest BCUT2D eigenvalue weighted by Crippen LogP contribution is -2.38. The zero-order chi connectivity index (χ0) is 17.8. The number of piperidine rings is 1. The van der Waals surface area contributed by atoms with Gasteiger partial charge in [-0.1, -0.05) is 13.8 Å². The summed E-state index contributed by atoms with van der Waals surface area (Å²) in [6, 6.07) is 0. The van der Waals surface area contributed by atoms with E-state index in [9.17, 15) is 4.79 Å². The number of hydrogen-bond donors (Lipinski definition) is 1. The van der Waals surface area contributed by atoms with Crippen molar-refractivity contribution in [1.29, 1.82) is 0 Å². The van der Waals surface area contributed by atoms with Gasteiger partial charge in [0.15, 0.2) is 0 Å². The van der Waals surface area contributed by atoms with Crippen molar-refractivity contribution >= 4 is 5.91 Å². The van der Waals surface area contributed by atoms with Crippen LogP contribution in [0, 0.1) is 5.92 Å². The third kappa shape index (κ3) is 4.66. The van der Waals surface area contributed by atoms with Crippen LogP contribution in [0.25, 0.3) is 0 Å². The number of rotatable bonds is 6. The first kappa shape index (κ1) is 17.6. The van der Waals surface area contributed by atoms with E-state index < -0.39 is 0 Å². The van der Waals surface area contributed by atoms with Crippen LogP contribution in [-0.2, 0) is 13.6 Å². The van der Waals surface area contributed by atoms with E-state index in [1.54, 1.807) is 24.1 Å². The van der Waals surface area contributed by atoms with Gasteiger partial charge in [0, 0.05) is 25.7 Å². The molecule has 0 spiro atoms. The Bertz CT molecular complexity index is 700. The molecule has 2 aromatic heterocycles. The molecule has 8 heteroatoms. The predicted octanol–water partition coefficient (Wildman–Crippen LogP) is 1.57. The fourth-order valence-electron chi connectivity index (χ4n) is 2.98. The van der Waals surface area contributed by atoms with Crippen molar-refractivity contribution in [3.63, 3.8) is 0 Å². The quantitative estimate of drug-likeness (QED) is 0.854. The molecule has 1 aliphatic rings. The maximum atomic E-state index is 12.1. The van der Waals surface area contributed by atoms with Crippen LogP contribution < -0.4 is 5.32 Å². The minimum Gasteiger partial charge on any atom is -0.424 e. The number of amides is 1. The Kier molecular flexibility index (Phi) is 5.47. The Morgan fingerprint density at radius 2 is 2.12 bits per heavy atom. The number of nitrogens with zero attached hydrogens (tertiary/aromatic N) is 5. The Morgan fingerprint density at radius 3 is 2.72 bits per heavy atom. The topological polar surface area (TPSA) is 89.1 Å². The maximum absolute atomic E-state index is 12.1. The van der Waals surface area contributed by atoms with E-state index in [0.717, 1.165) is 25.9 Å². The van der Waals surface area contributed by atoms with Crippen molar-refractivity contribution in [2.75, 3.05) is 19.6 Å². The Balaban J connectivity index is 1.40. The minimum atomic E-state index is -0.0531. The molecule has 1 N–H and O–H groups in total. The van der Waals surface area contributed by atoms with Crippen LogP contribution in [0.3, 0.4) is 0 Å². The molecule has 0 unspecified atom stereocenters. The fraction of sp³-hybridized carbons (Fsp3) is 0.647. The molecule has 3 rings (SSSR count). The van der Waals surface area contributed by atoms with Gasteiger partial charge in [-0.05, 0) is 31.8 Å². The van der Waals surface area contributed by atoms with E-state index >= 15 is 0 Å². The highest BCUT2D eigenvalue weighted by atomic mass is 16.4. The van der Waals surface area contributed by atoms with Crippen LogP contribution in [-0.4, -0.2) is 50.4 Å². The molecule has 1 amide bonds. The molecule has 0 aromatic carbocycles. The van der Waals surface area contributed by atoms with Gasteiger partial charge < -0.3 is 9.73 Å². The summed E-state index contributed by atoms with van der Waals surface area (Å²) in [6.07, 6.45) is 5.43. The molecular weight excluding hydrogens is 320 g/mol. The molecule has 0 saturated carbocycles. The number of hydrogen-bond acceptors (Lipinski definition) is 6. The van der Waals surface area contributed by atoms with Gasteiger partial charge in [-0.2, -0.15) is 5.10 Å². The second kappa shape index (κ2) is 7.77. The number of aromatic nitrogens is 4. The lowest BCUT2D eigenvalue weighted by molar-refractivity contribution is 0.0933. The first-order valence-corrected chi connectivity index (χ1v) is 8.82. The molecule has 1 fully saturated rings. The average Bonchev–Trinajstić information content (AvgIpc) is 3.23. The Hall–Kier alpha value is -2.22. The third-order valence-electron chi connectivity index (χ3n) is 4.56. The Morgan fingerprint density at radius 1 is 1.36 bits per heavy atom. The van der Waals surface area contributed by atoms with E-state index in [2.05, 4.69) is 25.5 Å². The van der Waals surface area contributed by atoms with Crippen LogP contribution in [0.2, 0.25) is 0 Å². The molecule has 1 aliphatic heterocycles. The second-order valence-electron chi connectivity index (χ2n) is 7.02. The molecule has 0 atom stereocenters. The molecule has 1 saturated heterocycles. The number of nitrogens with one attached hydrogen (secondary N) is 1. The van der Waals surface area contributed by atoms with E-state index in [0.29, 0.717) is 36.4 Å². The largest absolute Gasteiger partial charge is 0.424 e. The molecular formula is C17H26N6O2. The molecule has 0 bridgehead atoms. The van der Waals surface area contributed by atoms with Crippen molar-refractivity contribution in [3.05, 3.63) is 29.7 Å². The van der Waals surface area contributed by atoms with Gasteiger partial charge in [-0.15, -0.1) is 10.2 Å². The molecule has 25 heavy (non-hydrogen) atoms. The van der Waals surface area contributed by atoms with Crippen LogP contribution in [0.5, 0.6) is 0 Å². The van der Waals surface area contributed by atoms with Crippen molar-refractivity contribution in [3.8, 4) is 0 Å². The van der Waals surface area contributed by atoms with E-state index in [4.69, 9.17) is 4.42 Å². The third-order valence-corrected chi connectivity index (χ3v) is 4.56. The number of carbonyl (C=O) groups excluding carboxylic acids is 1. The van der Waals surface area contributed by atoms with Crippen molar-refractivity contribution in [2.24, 2.45) is 13.0 Å². The van der Waals surface area contributed by atoms with Gasteiger partial charge in [0.1, 0.15) is 0 Å². The van der Waals surface area contributed by atoms with E-state index in [1.165, 1.54) is 0 Å². The zero-order valence-electron chi connectivity index (χ0n) is 15.1. The molecule has 0 radical (unpaired) electrons. The lowest BCUT2D eigenvalue weighted by Gasteiger charge is -2.30. The first-order valence-electron chi connectivity index (χ1n) is 8.82. The molecule has 136 valence electrons. The smallest absolute Gasteiger partial charge is 0.254 e. The standard InChI is InChI=1S/C17H26N6O2/c1-12(2)17-21-20-15(25-17)11-23-6-4-13(5-7-23)8-18-16(24)14-9-19-22(3)10-14/h9-10,12-13H,4-8,11H2,1-3H3,(H,18,24). The van der Waals surface area contributed by atoms with Crippen LogP contribution in [0.15, 0.2) is 16.8 Å². The van der Waals surface area contributed by atoms with Gasteiger partial charge in [-0.25, -0.2) is 0 Å². The summed E-state index contributed by atoms with van der Waals surface area (Å²) in [6.45, 7) is 7.46. The minimum absolute atomic E-state index is 0.0531. The normalized spacial score (nSPS) is 16.5. The summed E-state index contributed by atoms with van der Waals surface area (Å²) < 4.78 is 7.31. The van der Waals surface area contributed by atoms with Gasteiger partial charge >= 0.3 is 0 Å². The molecule has 2 aromatic rings. The summed E-state index contributed by atoms with van der Waals surface area (Å²) in [5, 5.41) is 15.2. The van der Waals surface area contributed by atoms with Gasteiger partial charge in [-0.3, -0.25) is 14.4 Å². The predicted molar refractivity (Wildman–Crippen MR) is 91.9 cm³/mol. The van der Waals surface area contributed by atoms with Gasteiger partial charge in [0.2, 0.25) is 11.8 Å². The van der Waals surface area contributed by atoms with Crippen molar-refractivity contribution in [1.82, 2.24) is 30.2 Å². The second-order valence-corrected chi connectivity index (χ2v) is 7.02. The van der Waals surface area contributed by atoms with Gasteiger partial charge in [0.05, 0.1) is 18.3 Å². The van der Waals surface area contributed by atoms with E-state index in [-0.39, 0.29) is 11.8 Å². The highest BCUT2D eigenvalue weighted by Crippen LogP contribution is 2.19. The first-order chi connectivity index (χ1) is 12.0. The lowest BCUT2D eigenvalue weighted by atomic mass is 9.96. The SMILES string of the molecule is CC(C)c1nnc(CN2CCC(CNC(=O)c3cnn(C)c3)CC2)o1. The molecule has 0 aliphatic carbocycles. The van der Waals surface area contributed by atoms with Crippen molar-refractivity contribution < 1.29 is 9.21 Å². The molecule has 3 heterocycles.